The predicted molar refractivity (Wildman–Crippen MR) is 66.8 cm³/mol. The quantitative estimate of drug-likeness (QED) is 0.722. The molecule has 14 heavy (non-hydrogen) atoms. The first kappa shape index (κ1) is 11.2. The number of hydrogen-bond acceptors (Lipinski definition) is 1. The number of nitrogens with zero attached hydrogens (tertiary/aromatic N) is 1. The zero-order valence-corrected chi connectivity index (χ0v) is 10.1. The Labute approximate surface area is 93.7 Å². The summed E-state index contributed by atoms with van der Waals surface area (Å²) < 4.78 is 1.10. The lowest BCUT2D eigenvalue weighted by Gasteiger charge is -2.01. The van der Waals surface area contributed by atoms with Crippen molar-refractivity contribution in [2.24, 2.45) is 4.99 Å². The van der Waals surface area contributed by atoms with E-state index in [1.807, 2.05) is 32.2 Å². The molecule has 1 nitrogen and oxygen atoms in total. The minimum Gasteiger partial charge on any atom is -0.293 e. The molecule has 0 aromatic heterocycles. The van der Waals surface area contributed by atoms with Crippen LogP contribution in [-0.2, 0) is 0 Å². The average molecular weight is 252 g/mol. The van der Waals surface area contributed by atoms with Crippen molar-refractivity contribution < 1.29 is 0 Å². The highest BCUT2D eigenvalue weighted by molar-refractivity contribution is 9.10. The van der Waals surface area contributed by atoms with Crippen molar-refractivity contribution >= 4 is 27.7 Å². The second-order valence-corrected chi connectivity index (χ2v) is 3.80. The van der Waals surface area contributed by atoms with Crippen molar-refractivity contribution in [3.63, 3.8) is 0 Å². The van der Waals surface area contributed by atoms with Gasteiger partial charge in [-0.1, -0.05) is 34.1 Å². The zero-order chi connectivity index (χ0) is 10.4. The van der Waals surface area contributed by atoms with Gasteiger partial charge in [0.2, 0.25) is 0 Å². The Morgan fingerprint density at radius 1 is 1.50 bits per heavy atom. The van der Waals surface area contributed by atoms with Crippen molar-refractivity contribution in [2.75, 3.05) is 6.54 Å². The van der Waals surface area contributed by atoms with Crippen LogP contribution in [0.15, 0.2) is 39.8 Å². The molecule has 0 radical (unpaired) electrons. The predicted octanol–water partition coefficient (Wildman–Crippen LogP) is 3.94. The fraction of sp³-hybridized carbons (Fsp3) is 0.250. The summed E-state index contributed by atoms with van der Waals surface area (Å²) >= 11 is 3.46. The molecule has 0 saturated heterocycles. The van der Waals surface area contributed by atoms with Crippen LogP contribution in [0.25, 0.3) is 5.57 Å². The summed E-state index contributed by atoms with van der Waals surface area (Å²) in [6.45, 7) is 4.88. The molecule has 0 heterocycles. The Morgan fingerprint density at radius 2 is 2.29 bits per heavy atom. The second kappa shape index (κ2) is 5.76. The number of halogens is 1. The first-order valence-corrected chi connectivity index (χ1v) is 5.49. The average Bonchev–Trinajstić information content (AvgIpc) is 2.19. The number of allylic oxidation sites excluding steroid dienone is 2. The third-order valence-electron chi connectivity index (χ3n) is 1.88. The fourth-order valence-electron chi connectivity index (χ4n) is 1.17. The molecule has 1 aromatic carbocycles. The van der Waals surface area contributed by atoms with Gasteiger partial charge in [0, 0.05) is 17.2 Å². The number of aliphatic imine (C=N–C) groups is 1. The van der Waals surface area contributed by atoms with E-state index < -0.39 is 0 Å². The molecule has 0 amide bonds. The van der Waals surface area contributed by atoms with E-state index in [0.29, 0.717) is 0 Å². The number of benzene rings is 1. The van der Waals surface area contributed by atoms with Crippen LogP contribution in [0.2, 0.25) is 0 Å². The van der Waals surface area contributed by atoms with Crippen LogP contribution in [0.1, 0.15) is 19.4 Å². The number of rotatable bonds is 3. The summed E-state index contributed by atoms with van der Waals surface area (Å²) in [6, 6.07) is 8.23. The molecule has 74 valence electrons. The van der Waals surface area contributed by atoms with Crippen molar-refractivity contribution in [3.05, 3.63) is 40.4 Å². The van der Waals surface area contributed by atoms with Crippen LogP contribution in [0.3, 0.4) is 0 Å². The molecule has 0 bridgehead atoms. The van der Waals surface area contributed by atoms with Gasteiger partial charge in [0.1, 0.15) is 0 Å². The minimum atomic E-state index is 0.825. The lowest BCUT2D eigenvalue weighted by molar-refractivity contribution is 1.14. The largest absolute Gasteiger partial charge is 0.293 e. The molecule has 0 aliphatic rings. The molecular formula is C12H14BrN. The van der Waals surface area contributed by atoms with Gasteiger partial charge < -0.3 is 0 Å². The SMILES string of the molecule is C/C=C(\C=NCC)c1cccc(Br)c1. The smallest absolute Gasteiger partial charge is 0.0361 e. The molecule has 2 heteroatoms. The van der Waals surface area contributed by atoms with E-state index in [-0.39, 0.29) is 0 Å². The molecular weight excluding hydrogens is 238 g/mol. The highest BCUT2D eigenvalue weighted by Gasteiger charge is 1.97. The normalized spacial score (nSPS) is 12.4. The van der Waals surface area contributed by atoms with Crippen LogP contribution in [0.4, 0.5) is 0 Å². The molecule has 0 N–H and O–H groups in total. The second-order valence-electron chi connectivity index (χ2n) is 2.88. The maximum Gasteiger partial charge on any atom is 0.0361 e. The summed E-state index contributed by atoms with van der Waals surface area (Å²) in [7, 11) is 0. The Bertz CT molecular complexity index is 353. The van der Waals surface area contributed by atoms with E-state index in [1.54, 1.807) is 0 Å². The van der Waals surface area contributed by atoms with E-state index in [9.17, 15) is 0 Å². The Morgan fingerprint density at radius 3 is 2.86 bits per heavy atom. The summed E-state index contributed by atoms with van der Waals surface area (Å²) in [6.07, 6.45) is 3.99. The maximum atomic E-state index is 4.24. The van der Waals surface area contributed by atoms with Gasteiger partial charge >= 0.3 is 0 Å². The van der Waals surface area contributed by atoms with E-state index in [0.717, 1.165) is 16.6 Å². The fourth-order valence-corrected chi connectivity index (χ4v) is 1.57. The summed E-state index contributed by atoms with van der Waals surface area (Å²) in [5.41, 5.74) is 2.35. The molecule has 1 rings (SSSR count). The third kappa shape index (κ3) is 3.11. The van der Waals surface area contributed by atoms with Crippen molar-refractivity contribution in [3.8, 4) is 0 Å². The van der Waals surface area contributed by atoms with Crippen LogP contribution in [0.5, 0.6) is 0 Å². The van der Waals surface area contributed by atoms with Gasteiger partial charge in [-0.25, -0.2) is 0 Å². The molecule has 0 saturated carbocycles. The van der Waals surface area contributed by atoms with Crippen LogP contribution in [0, 0.1) is 0 Å². The Kier molecular flexibility index (Phi) is 4.60. The molecule has 1 aromatic rings. The molecule has 0 aliphatic carbocycles. The molecule has 0 spiro atoms. The lowest BCUT2D eigenvalue weighted by Crippen LogP contribution is -1.86. The van der Waals surface area contributed by atoms with Crippen LogP contribution in [-0.4, -0.2) is 12.8 Å². The highest BCUT2D eigenvalue weighted by atomic mass is 79.9. The van der Waals surface area contributed by atoms with Gasteiger partial charge in [0.05, 0.1) is 0 Å². The first-order chi connectivity index (χ1) is 6.77. The van der Waals surface area contributed by atoms with E-state index >= 15 is 0 Å². The van der Waals surface area contributed by atoms with E-state index in [2.05, 4.69) is 39.1 Å². The summed E-state index contributed by atoms with van der Waals surface area (Å²) in [5.74, 6) is 0. The zero-order valence-electron chi connectivity index (χ0n) is 8.50. The van der Waals surface area contributed by atoms with Gasteiger partial charge in [0.15, 0.2) is 0 Å². The standard InChI is InChI=1S/C12H14BrN/c1-3-10(9-14-4-2)11-6-5-7-12(13)8-11/h3,5-9H,4H2,1-2H3/b10-3+,14-9?. The highest BCUT2D eigenvalue weighted by Crippen LogP contribution is 2.17. The van der Waals surface area contributed by atoms with Crippen LogP contribution < -0.4 is 0 Å². The maximum absolute atomic E-state index is 4.24. The number of hydrogen-bond donors (Lipinski definition) is 0. The van der Waals surface area contributed by atoms with Crippen molar-refractivity contribution in [1.29, 1.82) is 0 Å². The van der Waals surface area contributed by atoms with Gasteiger partial charge in [-0.2, -0.15) is 0 Å². The van der Waals surface area contributed by atoms with E-state index in [4.69, 9.17) is 0 Å². The molecule has 0 unspecified atom stereocenters. The molecule has 0 atom stereocenters. The van der Waals surface area contributed by atoms with Gasteiger partial charge in [-0.15, -0.1) is 0 Å². The van der Waals surface area contributed by atoms with Crippen molar-refractivity contribution in [2.45, 2.75) is 13.8 Å². The first-order valence-electron chi connectivity index (χ1n) is 4.70. The van der Waals surface area contributed by atoms with Gasteiger partial charge in [-0.3, -0.25) is 4.99 Å². The monoisotopic (exact) mass is 251 g/mol. The Hall–Kier alpha value is -0.890. The molecule has 0 fully saturated rings. The van der Waals surface area contributed by atoms with Gasteiger partial charge in [-0.05, 0) is 37.1 Å². The Balaban J connectivity index is 2.96. The third-order valence-corrected chi connectivity index (χ3v) is 2.38. The lowest BCUT2D eigenvalue weighted by atomic mass is 10.1. The topological polar surface area (TPSA) is 12.4 Å². The van der Waals surface area contributed by atoms with Gasteiger partial charge in [0.25, 0.3) is 0 Å². The van der Waals surface area contributed by atoms with E-state index in [1.165, 1.54) is 5.56 Å². The van der Waals surface area contributed by atoms with Crippen LogP contribution >= 0.6 is 15.9 Å². The minimum absolute atomic E-state index is 0.825. The summed E-state index contributed by atoms with van der Waals surface area (Å²) in [4.78, 5) is 4.24. The molecule has 0 aliphatic heterocycles. The summed E-state index contributed by atoms with van der Waals surface area (Å²) in [5, 5.41) is 0. The van der Waals surface area contributed by atoms with Crippen molar-refractivity contribution in [1.82, 2.24) is 0 Å².